The van der Waals surface area contributed by atoms with Crippen molar-refractivity contribution in [2.75, 3.05) is 0 Å². The molecule has 0 aliphatic heterocycles. The van der Waals surface area contributed by atoms with Crippen molar-refractivity contribution in [2.45, 2.75) is 13.8 Å². The number of aliphatic imine (C=N–C) groups is 1. The summed E-state index contributed by atoms with van der Waals surface area (Å²) >= 11 is 10.3. The van der Waals surface area contributed by atoms with Crippen molar-refractivity contribution in [3.05, 3.63) is 25.6 Å². The molecule has 15 heavy (non-hydrogen) atoms. The van der Waals surface area contributed by atoms with E-state index in [1.54, 1.807) is 0 Å². The van der Waals surface area contributed by atoms with Crippen LogP contribution in [0.4, 0.5) is 5.69 Å². The standard InChI is InChI=1S/C10H11Br3N2/c1-5(2)10(14)15-9-7(12)3-6(11)4-8(9)13/h3-5H,1-2H3,(H2,14,15). The van der Waals surface area contributed by atoms with Gasteiger partial charge in [-0.05, 0) is 44.0 Å². The second-order valence-electron chi connectivity index (χ2n) is 3.41. The van der Waals surface area contributed by atoms with Gasteiger partial charge in [0.1, 0.15) is 5.84 Å². The molecular weight excluding hydrogens is 388 g/mol. The fourth-order valence-electron chi connectivity index (χ4n) is 0.900. The second-order valence-corrected chi connectivity index (χ2v) is 6.03. The number of halogens is 3. The van der Waals surface area contributed by atoms with Crippen molar-refractivity contribution in [3.63, 3.8) is 0 Å². The maximum atomic E-state index is 5.82. The lowest BCUT2D eigenvalue weighted by Crippen LogP contribution is -2.18. The Bertz CT molecular complexity index is 377. The van der Waals surface area contributed by atoms with E-state index < -0.39 is 0 Å². The van der Waals surface area contributed by atoms with Gasteiger partial charge in [0.25, 0.3) is 0 Å². The molecule has 0 aromatic heterocycles. The van der Waals surface area contributed by atoms with Gasteiger partial charge in [0.2, 0.25) is 0 Å². The third-order valence-corrected chi connectivity index (χ3v) is 3.48. The van der Waals surface area contributed by atoms with Gasteiger partial charge in [-0.2, -0.15) is 0 Å². The highest BCUT2D eigenvalue weighted by Crippen LogP contribution is 2.36. The first-order chi connectivity index (χ1) is 6.91. The van der Waals surface area contributed by atoms with Gasteiger partial charge < -0.3 is 5.73 Å². The van der Waals surface area contributed by atoms with Crippen LogP contribution in [0.5, 0.6) is 0 Å². The van der Waals surface area contributed by atoms with Crippen LogP contribution in [0.1, 0.15) is 13.8 Å². The molecule has 82 valence electrons. The van der Waals surface area contributed by atoms with E-state index in [9.17, 15) is 0 Å². The molecule has 0 saturated carbocycles. The number of rotatable bonds is 2. The Hall–Kier alpha value is 0.130. The number of hydrogen-bond donors (Lipinski definition) is 1. The Labute approximate surface area is 115 Å². The van der Waals surface area contributed by atoms with Crippen molar-refractivity contribution in [1.29, 1.82) is 0 Å². The fourth-order valence-corrected chi connectivity index (χ4v) is 3.34. The molecule has 0 radical (unpaired) electrons. The average Bonchev–Trinajstić information content (AvgIpc) is 2.10. The fraction of sp³-hybridized carbons (Fsp3) is 0.300. The van der Waals surface area contributed by atoms with E-state index in [0.29, 0.717) is 5.84 Å². The Balaban J connectivity index is 3.21. The lowest BCUT2D eigenvalue weighted by atomic mass is 10.2. The Morgan fingerprint density at radius 1 is 1.20 bits per heavy atom. The van der Waals surface area contributed by atoms with Crippen LogP contribution < -0.4 is 5.73 Å². The Morgan fingerprint density at radius 2 is 1.67 bits per heavy atom. The van der Waals surface area contributed by atoms with Gasteiger partial charge in [-0.1, -0.05) is 29.8 Å². The molecule has 5 heteroatoms. The largest absolute Gasteiger partial charge is 0.387 e. The minimum absolute atomic E-state index is 0.243. The summed E-state index contributed by atoms with van der Waals surface area (Å²) in [5.74, 6) is 0.867. The molecule has 0 aliphatic rings. The SMILES string of the molecule is CC(C)C(N)=Nc1c(Br)cc(Br)cc1Br. The molecule has 2 N–H and O–H groups in total. The highest BCUT2D eigenvalue weighted by atomic mass is 79.9. The third-order valence-electron chi connectivity index (χ3n) is 1.81. The lowest BCUT2D eigenvalue weighted by molar-refractivity contribution is 0.872. The first-order valence-electron chi connectivity index (χ1n) is 4.40. The lowest BCUT2D eigenvalue weighted by Gasteiger charge is -2.07. The molecule has 0 fully saturated rings. The quantitative estimate of drug-likeness (QED) is 0.573. The average molecular weight is 399 g/mol. The van der Waals surface area contributed by atoms with Crippen LogP contribution in [-0.2, 0) is 0 Å². The minimum Gasteiger partial charge on any atom is -0.387 e. The maximum absolute atomic E-state index is 5.82. The summed E-state index contributed by atoms with van der Waals surface area (Å²) in [7, 11) is 0. The summed E-state index contributed by atoms with van der Waals surface area (Å²) in [5.41, 5.74) is 6.64. The van der Waals surface area contributed by atoms with Gasteiger partial charge in [0.15, 0.2) is 0 Å². The van der Waals surface area contributed by atoms with Gasteiger partial charge in [0.05, 0.1) is 5.69 Å². The van der Waals surface area contributed by atoms with Crippen molar-refractivity contribution >= 4 is 59.3 Å². The second kappa shape index (κ2) is 5.46. The number of hydrogen-bond acceptors (Lipinski definition) is 1. The molecule has 1 aromatic rings. The Morgan fingerprint density at radius 3 is 2.07 bits per heavy atom. The smallest absolute Gasteiger partial charge is 0.102 e. The van der Waals surface area contributed by atoms with E-state index in [1.807, 2.05) is 26.0 Å². The van der Waals surface area contributed by atoms with Gasteiger partial charge in [0, 0.05) is 19.3 Å². The Kier molecular flexibility index (Phi) is 4.80. The molecule has 0 bridgehead atoms. The van der Waals surface area contributed by atoms with E-state index in [1.165, 1.54) is 0 Å². The van der Waals surface area contributed by atoms with E-state index in [2.05, 4.69) is 52.8 Å². The monoisotopic (exact) mass is 396 g/mol. The predicted molar refractivity (Wildman–Crippen MR) is 75.7 cm³/mol. The molecule has 1 rings (SSSR count). The van der Waals surface area contributed by atoms with Crippen LogP contribution in [0.2, 0.25) is 0 Å². The normalized spacial score (nSPS) is 12.3. The van der Waals surface area contributed by atoms with Crippen LogP contribution >= 0.6 is 47.8 Å². The van der Waals surface area contributed by atoms with Crippen molar-refractivity contribution in [1.82, 2.24) is 0 Å². The molecule has 0 atom stereocenters. The molecule has 0 aliphatic carbocycles. The summed E-state index contributed by atoms with van der Waals surface area (Å²) in [6.07, 6.45) is 0. The molecule has 0 saturated heterocycles. The van der Waals surface area contributed by atoms with E-state index >= 15 is 0 Å². The number of benzene rings is 1. The van der Waals surface area contributed by atoms with E-state index in [-0.39, 0.29) is 5.92 Å². The summed E-state index contributed by atoms with van der Waals surface area (Å²) in [6, 6.07) is 3.88. The first-order valence-corrected chi connectivity index (χ1v) is 6.78. The molecular formula is C10H11Br3N2. The summed E-state index contributed by atoms with van der Waals surface area (Å²) < 4.78 is 2.81. The molecule has 2 nitrogen and oxygen atoms in total. The molecule has 0 unspecified atom stereocenters. The number of nitrogens with zero attached hydrogens (tertiary/aromatic N) is 1. The van der Waals surface area contributed by atoms with Crippen LogP contribution in [0.3, 0.4) is 0 Å². The zero-order chi connectivity index (χ0) is 11.6. The highest BCUT2D eigenvalue weighted by Gasteiger charge is 2.07. The number of amidine groups is 1. The van der Waals surface area contributed by atoms with Crippen LogP contribution in [0, 0.1) is 5.92 Å². The molecule has 1 aromatic carbocycles. The molecule has 0 heterocycles. The predicted octanol–water partition coefficient (Wildman–Crippen LogP) is 4.62. The topological polar surface area (TPSA) is 38.4 Å². The van der Waals surface area contributed by atoms with Crippen molar-refractivity contribution in [3.8, 4) is 0 Å². The minimum atomic E-state index is 0.243. The highest BCUT2D eigenvalue weighted by molar-refractivity contribution is 9.11. The summed E-state index contributed by atoms with van der Waals surface area (Å²) in [6.45, 7) is 4.03. The zero-order valence-electron chi connectivity index (χ0n) is 8.39. The van der Waals surface area contributed by atoms with Gasteiger partial charge in [-0.3, -0.25) is 0 Å². The summed E-state index contributed by atoms with van der Waals surface area (Å²) in [5, 5.41) is 0. The van der Waals surface area contributed by atoms with Crippen molar-refractivity contribution < 1.29 is 0 Å². The molecule has 0 spiro atoms. The van der Waals surface area contributed by atoms with Gasteiger partial charge in [-0.15, -0.1) is 0 Å². The van der Waals surface area contributed by atoms with Gasteiger partial charge in [-0.25, -0.2) is 4.99 Å². The van der Waals surface area contributed by atoms with E-state index in [0.717, 1.165) is 19.1 Å². The zero-order valence-corrected chi connectivity index (χ0v) is 13.1. The van der Waals surface area contributed by atoms with Crippen LogP contribution in [0.25, 0.3) is 0 Å². The van der Waals surface area contributed by atoms with Gasteiger partial charge >= 0.3 is 0 Å². The summed E-state index contributed by atoms with van der Waals surface area (Å²) in [4.78, 5) is 4.38. The van der Waals surface area contributed by atoms with Crippen LogP contribution in [0.15, 0.2) is 30.5 Å². The maximum Gasteiger partial charge on any atom is 0.102 e. The van der Waals surface area contributed by atoms with Crippen LogP contribution in [-0.4, -0.2) is 5.84 Å². The van der Waals surface area contributed by atoms with E-state index in [4.69, 9.17) is 5.73 Å². The first kappa shape index (κ1) is 13.2. The number of nitrogens with two attached hydrogens (primary N) is 1. The third kappa shape index (κ3) is 3.57. The molecule has 0 amide bonds. The van der Waals surface area contributed by atoms with Crippen molar-refractivity contribution in [2.24, 2.45) is 16.6 Å².